The van der Waals surface area contributed by atoms with E-state index in [1.807, 2.05) is 7.05 Å². The second kappa shape index (κ2) is 7.02. The van der Waals surface area contributed by atoms with Crippen molar-refractivity contribution in [3.8, 4) is 0 Å². The maximum Gasteiger partial charge on any atom is 0.147 e. The number of ether oxygens (including phenoxy) is 1. The second-order valence-electron chi connectivity index (χ2n) is 4.82. The zero-order valence-electron chi connectivity index (χ0n) is 10.9. The van der Waals surface area contributed by atoms with Crippen LogP contribution < -0.4 is 5.32 Å². The number of hydrogen-bond acceptors (Lipinski definition) is 2. The van der Waals surface area contributed by atoms with Gasteiger partial charge in [0.1, 0.15) is 5.82 Å². The Balaban J connectivity index is 2.06. The molecule has 2 unspecified atom stereocenters. The molecule has 2 atom stereocenters. The molecule has 0 saturated carbocycles. The van der Waals surface area contributed by atoms with E-state index in [2.05, 4.69) is 21.2 Å². The molecule has 19 heavy (non-hydrogen) atoms. The first-order valence-electron chi connectivity index (χ1n) is 6.55. The first-order valence-corrected chi connectivity index (χ1v) is 7.73. The highest BCUT2D eigenvalue weighted by Crippen LogP contribution is 2.32. The molecule has 0 bridgehead atoms. The summed E-state index contributed by atoms with van der Waals surface area (Å²) in [6.07, 6.45) is 4.35. The maximum absolute atomic E-state index is 14.2. The van der Waals surface area contributed by atoms with Gasteiger partial charge in [-0.2, -0.15) is 0 Å². The average Bonchev–Trinajstić information content (AvgIpc) is 2.92. The normalized spacial score (nSPS) is 20.7. The van der Waals surface area contributed by atoms with Crippen LogP contribution in [0.2, 0.25) is 5.02 Å². The van der Waals surface area contributed by atoms with Crippen molar-refractivity contribution in [2.75, 3.05) is 13.7 Å². The van der Waals surface area contributed by atoms with Gasteiger partial charge in [0, 0.05) is 22.7 Å². The average molecular weight is 351 g/mol. The highest BCUT2D eigenvalue weighted by atomic mass is 79.9. The maximum atomic E-state index is 14.2. The summed E-state index contributed by atoms with van der Waals surface area (Å²) < 4.78 is 20.4. The van der Waals surface area contributed by atoms with Crippen LogP contribution in [0, 0.1) is 5.82 Å². The first-order chi connectivity index (χ1) is 9.13. The standard InChI is InChI=1S/C14H18BrClFNO/c1-18-12(7-4-9-3-2-8-19-9)10-5-6-11(15)13(16)14(10)17/h5-6,9,12,18H,2-4,7-8H2,1H3. The van der Waals surface area contributed by atoms with Crippen LogP contribution in [-0.2, 0) is 4.74 Å². The summed E-state index contributed by atoms with van der Waals surface area (Å²) in [7, 11) is 1.84. The Morgan fingerprint density at radius 1 is 1.58 bits per heavy atom. The summed E-state index contributed by atoms with van der Waals surface area (Å²) in [5, 5.41) is 3.31. The summed E-state index contributed by atoms with van der Waals surface area (Å²) in [5.41, 5.74) is 0.619. The molecule has 0 radical (unpaired) electrons. The van der Waals surface area contributed by atoms with Crippen molar-refractivity contribution in [2.24, 2.45) is 0 Å². The topological polar surface area (TPSA) is 21.3 Å². The minimum absolute atomic E-state index is 0.0326. The molecule has 0 aromatic heterocycles. The molecule has 5 heteroatoms. The van der Waals surface area contributed by atoms with E-state index in [0.717, 1.165) is 32.3 Å². The van der Waals surface area contributed by atoms with Crippen LogP contribution in [0.4, 0.5) is 4.39 Å². The third kappa shape index (κ3) is 3.69. The van der Waals surface area contributed by atoms with E-state index in [4.69, 9.17) is 16.3 Å². The Morgan fingerprint density at radius 2 is 2.37 bits per heavy atom. The van der Waals surface area contributed by atoms with Crippen LogP contribution in [0.5, 0.6) is 0 Å². The van der Waals surface area contributed by atoms with Gasteiger partial charge in [0.05, 0.1) is 11.1 Å². The Bertz CT molecular complexity index is 438. The lowest BCUT2D eigenvalue weighted by Gasteiger charge is -2.20. The highest BCUT2D eigenvalue weighted by Gasteiger charge is 2.21. The van der Waals surface area contributed by atoms with E-state index in [-0.39, 0.29) is 16.9 Å². The lowest BCUT2D eigenvalue weighted by molar-refractivity contribution is 0.0997. The monoisotopic (exact) mass is 349 g/mol. The van der Waals surface area contributed by atoms with E-state index in [1.165, 1.54) is 0 Å². The lowest BCUT2D eigenvalue weighted by atomic mass is 9.99. The largest absolute Gasteiger partial charge is 0.378 e. The number of halogens is 3. The molecule has 1 aromatic rings. The molecule has 1 N–H and O–H groups in total. The summed E-state index contributed by atoms with van der Waals surface area (Å²) in [5.74, 6) is -0.345. The summed E-state index contributed by atoms with van der Waals surface area (Å²) in [6.45, 7) is 0.855. The van der Waals surface area contributed by atoms with Gasteiger partial charge in [-0.05, 0) is 54.7 Å². The van der Waals surface area contributed by atoms with Crippen molar-refractivity contribution < 1.29 is 9.13 Å². The SMILES string of the molecule is CNC(CCC1CCCO1)c1ccc(Br)c(Cl)c1F. The highest BCUT2D eigenvalue weighted by molar-refractivity contribution is 9.10. The predicted molar refractivity (Wildman–Crippen MR) is 79.1 cm³/mol. The van der Waals surface area contributed by atoms with Crippen LogP contribution in [0.15, 0.2) is 16.6 Å². The van der Waals surface area contributed by atoms with E-state index in [0.29, 0.717) is 16.1 Å². The second-order valence-corrected chi connectivity index (χ2v) is 6.05. The zero-order chi connectivity index (χ0) is 13.8. The molecule has 0 spiro atoms. The Hall–Kier alpha value is -0.160. The van der Waals surface area contributed by atoms with Gasteiger partial charge in [0.2, 0.25) is 0 Å². The van der Waals surface area contributed by atoms with Crippen molar-refractivity contribution in [1.82, 2.24) is 5.32 Å². The lowest BCUT2D eigenvalue weighted by Crippen LogP contribution is -2.20. The summed E-state index contributed by atoms with van der Waals surface area (Å²) in [4.78, 5) is 0. The van der Waals surface area contributed by atoms with Crippen molar-refractivity contribution in [3.05, 3.63) is 33.0 Å². The fourth-order valence-electron chi connectivity index (χ4n) is 2.49. The Labute approximate surface area is 126 Å². The first kappa shape index (κ1) is 15.2. The van der Waals surface area contributed by atoms with E-state index < -0.39 is 0 Å². The fraction of sp³-hybridized carbons (Fsp3) is 0.571. The van der Waals surface area contributed by atoms with Gasteiger partial charge in [-0.1, -0.05) is 17.7 Å². The molecule has 1 saturated heterocycles. The third-order valence-electron chi connectivity index (χ3n) is 3.59. The van der Waals surface area contributed by atoms with Crippen molar-refractivity contribution in [3.63, 3.8) is 0 Å². The predicted octanol–water partition coefficient (Wildman–Crippen LogP) is 4.46. The minimum Gasteiger partial charge on any atom is -0.378 e. The zero-order valence-corrected chi connectivity index (χ0v) is 13.2. The van der Waals surface area contributed by atoms with Crippen LogP contribution >= 0.6 is 27.5 Å². The molecule has 1 aromatic carbocycles. The molecular weight excluding hydrogens is 333 g/mol. The number of nitrogens with one attached hydrogen (secondary N) is 1. The molecule has 1 fully saturated rings. The fourth-order valence-corrected chi connectivity index (χ4v) is 2.97. The van der Waals surface area contributed by atoms with Gasteiger partial charge in [0.15, 0.2) is 0 Å². The van der Waals surface area contributed by atoms with Gasteiger partial charge < -0.3 is 10.1 Å². The van der Waals surface area contributed by atoms with Crippen molar-refractivity contribution in [1.29, 1.82) is 0 Å². The number of rotatable bonds is 5. The Morgan fingerprint density at radius 3 is 3.00 bits per heavy atom. The molecule has 106 valence electrons. The molecule has 0 amide bonds. The van der Waals surface area contributed by atoms with Gasteiger partial charge in [0.25, 0.3) is 0 Å². The van der Waals surface area contributed by atoms with Crippen LogP contribution in [-0.4, -0.2) is 19.8 Å². The Kier molecular flexibility index (Phi) is 5.63. The number of hydrogen-bond donors (Lipinski definition) is 1. The smallest absolute Gasteiger partial charge is 0.147 e. The quantitative estimate of drug-likeness (QED) is 0.792. The van der Waals surface area contributed by atoms with Crippen molar-refractivity contribution >= 4 is 27.5 Å². The van der Waals surface area contributed by atoms with Crippen molar-refractivity contribution in [2.45, 2.75) is 37.8 Å². The molecular formula is C14H18BrClFNO. The molecule has 2 nitrogen and oxygen atoms in total. The molecule has 1 aliphatic heterocycles. The third-order valence-corrected chi connectivity index (χ3v) is 4.85. The van der Waals surface area contributed by atoms with E-state index in [1.54, 1.807) is 12.1 Å². The van der Waals surface area contributed by atoms with Gasteiger partial charge in [-0.3, -0.25) is 0 Å². The molecule has 1 aliphatic rings. The number of benzene rings is 1. The van der Waals surface area contributed by atoms with Crippen LogP contribution in [0.25, 0.3) is 0 Å². The molecule has 2 rings (SSSR count). The van der Waals surface area contributed by atoms with Crippen LogP contribution in [0.1, 0.15) is 37.3 Å². The molecule has 0 aliphatic carbocycles. The summed E-state index contributed by atoms with van der Waals surface area (Å²) in [6, 6.07) is 3.54. The van der Waals surface area contributed by atoms with Gasteiger partial charge >= 0.3 is 0 Å². The van der Waals surface area contributed by atoms with E-state index in [9.17, 15) is 4.39 Å². The van der Waals surface area contributed by atoms with Gasteiger partial charge in [-0.25, -0.2) is 4.39 Å². The van der Waals surface area contributed by atoms with Crippen LogP contribution in [0.3, 0.4) is 0 Å². The van der Waals surface area contributed by atoms with E-state index >= 15 is 0 Å². The summed E-state index contributed by atoms with van der Waals surface area (Å²) >= 11 is 9.17. The minimum atomic E-state index is -0.345. The van der Waals surface area contributed by atoms with Gasteiger partial charge in [-0.15, -0.1) is 0 Å². The molecule has 1 heterocycles.